The van der Waals surface area contributed by atoms with Gasteiger partial charge in [0.1, 0.15) is 9.61 Å². The van der Waals surface area contributed by atoms with Crippen LogP contribution in [0.1, 0.15) is 0 Å². The van der Waals surface area contributed by atoms with E-state index in [0.717, 1.165) is 20.2 Å². The molecule has 1 heterocycles. The summed E-state index contributed by atoms with van der Waals surface area (Å²) in [6.07, 6.45) is 0. The maximum absolute atomic E-state index is 5.87. The highest BCUT2D eigenvalue weighted by Crippen LogP contribution is 2.27. The third kappa shape index (κ3) is 2.10. The van der Waals surface area contributed by atoms with Crippen LogP contribution in [0.15, 0.2) is 34.2 Å². The van der Waals surface area contributed by atoms with Gasteiger partial charge in [0.2, 0.25) is 0 Å². The highest BCUT2D eigenvalue weighted by atomic mass is 79.9. The zero-order valence-electron chi connectivity index (χ0n) is 6.50. The van der Waals surface area contributed by atoms with Crippen molar-refractivity contribution in [3.8, 4) is 10.6 Å². The number of aromatic nitrogens is 1. The normalized spacial score (nSPS) is 10.3. The summed E-state index contributed by atoms with van der Waals surface area (Å²) in [6.45, 7) is 0. The van der Waals surface area contributed by atoms with Gasteiger partial charge >= 0.3 is 0 Å². The zero-order valence-corrected chi connectivity index (χ0v) is 9.66. The molecule has 1 aromatic carbocycles. The van der Waals surface area contributed by atoms with E-state index in [0.29, 0.717) is 0 Å². The molecular weight excluding hydrogens is 270 g/mol. The van der Waals surface area contributed by atoms with Crippen molar-refractivity contribution in [3.05, 3.63) is 39.3 Å². The van der Waals surface area contributed by atoms with E-state index in [1.165, 1.54) is 0 Å². The number of nitrogens with zero attached hydrogens (tertiary/aromatic N) is 1. The fourth-order valence-corrected chi connectivity index (χ4v) is 2.45. The zero-order chi connectivity index (χ0) is 9.26. The van der Waals surface area contributed by atoms with Crippen molar-refractivity contribution in [1.82, 2.24) is 4.98 Å². The molecule has 0 saturated heterocycles. The molecule has 1 aromatic heterocycles. The van der Waals surface area contributed by atoms with Gasteiger partial charge in [-0.3, -0.25) is 0 Å². The fourth-order valence-electron chi connectivity index (χ4n) is 1.01. The van der Waals surface area contributed by atoms with E-state index < -0.39 is 0 Å². The minimum atomic E-state index is 0.740. The van der Waals surface area contributed by atoms with Gasteiger partial charge in [-0.25, -0.2) is 4.98 Å². The minimum Gasteiger partial charge on any atom is -0.229 e. The van der Waals surface area contributed by atoms with E-state index in [1.807, 2.05) is 29.6 Å². The minimum absolute atomic E-state index is 0.740. The van der Waals surface area contributed by atoms with Crippen LogP contribution in [0.4, 0.5) is 0 Å². The number of benzene rings is 1. The summed E-state index contributed by atoms with van der Waals surface area (Å²) < 4.78 is 0.868. The first kappa shape index (κ1) is 9.19. The molecule has 0 aliphatic carbocycles. The van der Waals surface area contributed by atoms with Crippen LogP contribution in [0.3, 0.4) is 0 Å². The van der Waals surface area contributed by atoms with Crippen LogP contribution in [0.2, 0.25) is 5.02 Å². The van der Waals surface area contributed by atoms with Crippen LogP contribution >= 0.6 is 38.9 Å². The Morgan fingerprint density at radius 3 is 2.85 bits per heavy atom. The fraction of sp³-hybridized carbons (Fsp3) is 0. The van der Waals surface area contributed by atoms with Crippen molar-refractivity contribution >= 4 is 38.9 Å². The summed E-state index contributed by atoms with van der Waals surface area (Å²) in [5, 5.41) is 3.68. The van der Waals surface area contributed by atoms with Crippen LogP contribution in [0.25, 0.3) is 10.6 Å². The molecule has 2 aromatic rings. The van der Waals surface area contributed by atoms with Crippen molar-refractivity contribution in [2.45, 2.75) is 0 Å². The quantitative estimate of drug-likeness (QED) is 0.758. The van der Waals surface area contributed by atoms with Gasteiger partial charge in [0.15, 0.2) is 0 Å². The Morgan fingerprint density at radius 2 is 2.23 bits per heavy atom. The second kappa shape index (κ2) is 3.78. The number of thiazole rings is 1. The molecule has 4 heteroatoms. The molecule has 66 valence electrons. The summed E-state index contributed by atoms with van der Waals surface area (Å²) >= 11 is 10.8. The lowest BCUT2D eigenvalue weighted by Crippen LogP contribution is -1.74. The van der Waals surface area contributed by atoms with Crippen LogP contribution in [-0.4, -0.2) is 4.98 Å². The summed E-state index contributed by atoms with van der Waals surface area (Å²) in [5.74, 6) is 0. The first-order valence-corrected chi connectivity index (χ1v) is 5.68. The molecular formula is C9H5BrClNS. The Kier molecular flexibility index (Phi) is 2.67. The number of halogens is 2. The van der Waals surface area contributed by atoms with Gasteiger partial charge in [0, 0.05) is 16.0 Å². The average molecular weight is 275 g/mol. The lowest BCUT2D eigenvalue weighted by molar-refractivity contribution is 1.36. The summed E-state index contributed by atoms with van der Waals surface area (Å²) in [7, 11) is 0. The molecule has 0 unspecified atom stereocenters. The van der Waals surface area contributed by atoms with Crippen molar-refractivity contribution in [1.29, 1.82) is 0 Å². The molecule has 0 atom stereocenters. The number of hydrogen-bond donors (Lipinski definition) is 0. The summed E-state index contributed by atoms with van der Waals surface area (Å²) in [4.78, 5) is 4.30. The van der Waals surface area contributed by atoms with Gasteiger partial charge in [-0.2, -0.15) is 0 Å². The second-order valence-corrected chi connectivity index (χ2v) is 4.59. The Hall–Kier alpha value is -0.380. The van der Waals surface area contributed by atoms with Crippen LogP contribution in [-0.2, 0) is 0 Å². The maximum Gasteiger partial charge on any atom is 0.124 e. The molecule has 0 radical (unpaired) electrons. The van der Waals surface area contributed by atoms with Gasteiger partial charge in [0.05, 0.1) is 0 Å². The molecule has 0 saturated carbocycles. The molecule has 13 heavy (non-hydrogen) atoms. The summed E-state index contributed by atoms with van der Waals surface area (Å²) in [5.41, 5.74) is 1.06. The molecule has 0 aliphatic heterocycles. The van der Waals surface area contributed by atoms with Crippen molar-refractivity contribution in [3.63, 3.8) is 0 Å². The predicted molar refractivity (Wildman–Crippen MR) is 60.3 cm³/mol. The van der Waals surface area contributed by atoms with Crippen molar-refractivity contribution in [2.24, 2.45) is 0 Å². The smallest absolute Gasteiger partial charge is 0.124 e. The molecule has 2 rings (SSSR count). The van der Waals surface area contributed by atoms with Crippen molar-refractivity contribution in [2.75, 3.05) is 0 Å². The lowest BCUT2D eigenvalue weighted by Gasteiger charge is -1.95. The molecule has 0 bridgehead atoms. The first-order valence-electron chi connectivity index (χ1n) is 3.63. The third-order valence-corrected chi connectivity index (χ3v) is 3.38. The number of rotatable bonds is 1. The first-order chi connectivity index (χ1) is 6.25. The molecule has 0 spiro atoms. The van der Waals surface area contributed by atoms with Crippen molar-refractivity contribution < 1.29 is 0 Å². The summed E-state index contributed by atoms with van der Waals surface area (Å²) in [6, 6.07) is 7.69. The lowest BCUT2D eigenvalue weighted by atomic mass is 10.2. The van der Waals surface area contributed by atoms with Crippen LogP contribution < -0.4 is 0 Å². The average Bonchev–Trinajstić information content (AvgIpc) is 2.52. The maximum atomic E-state index is 5.87. The van der Waals surface area contributed by atoms with E-state index in [1.54, 1.807) is 11.3 Å². The van der Waals surface area contributed by atoms with Gasteiger partial charge in [-0.1, -0.05) is 23.7 Å². The largest absolute Gasteiger partial charge is 0.229 e. The SMILES string of the molecule is Clc1cccc(-c2nc(Br)cs2)c1. The van der Waals surface area contributed by atoms with Gasteiger partial charge in [-0.05, 0) is 28.1 Å². The molecule has 0 fully saturated rings. The standard InChI is InChI=1S/C9H5BrClNS/c10-8-5-13-9(12-8)6-2-1-3-7(11)4-6/h1-5H. The Morgan fingerprint density at radius 1 is 1.38 bits per heavy atom. The Bertz CT molecular complexity index is 427. The topological polar surface area (TPSA) is 12.9 Å². The van der Waals surface area contributed by atoms with Gasteiger partial charge in [-0.15, -0.1) is 11.3 Å². The second-order valence-electron chi connectivity index (χ2n) is 2.49. The van der Waals surface area contributed by atoms with Crippen LogP contribution in [0.5, 0.6) is 0 Å². The molecule has 1 nitrogen and oxygen atoms in total. The predicted octanol–water partition coefficient (Wildman–Crippen LogP) is 4.23. The van der Waals surface area contributed by atoms with Crippen LogP contribution in [0, 0.1) is 0 Å². The van der Waals surface area contributed by atoms with E-state index in [2.05, 4.69) is 20.9 Å². The molecule has 0 amide bonds. The third-order valence-electron chi connectivity index (χ3n) is 1.55. The van der Waals surface area contributed by atoms with E-state index in [-0.39, 0.29) is 0 Å². The molecule has 0 N–H and O–H groups in total. The van der Waals surface area contributed by atoms with E-state index in [4.69, 9.17) is 11.6 Å². The van der Waals surface area contributed by atoms with E-state index in [9.17, 15) is 0 Å². The Labute approximate surface area is 93.5 Å². The Balaban J connectivity index is 2.46. The monoisotopic (exact) mass is 273 g/mol. The highest BCUT2D eigenvalue weighted by molar-refractivity contribution is 9.10. The van der Waals surface area contributed by atoms with Gasteiger partial charge < -0.3 is 0 Å². The van der Waals surface area contributed by atoms with Gasteiger partial charge in [0.25, 0.3) is 0 Å². The highest BCUT2D eigenvalue weighted by Gasteiger charge is 2.02. The van der Waals surface area contributed by atoms with E-state index >= 15 is 0 Å². The number of hydrogen-bond acceptors (Lipinski definition) is 2. The molecule has 0 aliphatic rings.